The molecule has 2 heterocycles. The van der Waals surface area contributed by atoms with Crippen molar-refractivity contribution >= 4 is 11.9 Å². The van der Waals surface area contributed by atoms with Crippen LogP contribution in [0.1, 0.15) is 56.1 Å². The summed E-state index contributed by atoms with van der Waals surface area (Å²) in [5, 5.41) is 8.37. The van der Waals surface area contributed by atoms with Crippen LogP contribution in [0, 0.1) is 23.7 Å². The zero-order valence-electron chi connectivity index (χ0n) is 17.2. The zero-order valence-corrected chi connectivity index (χ0v) is 17.2. The van der Waals surface area contributed by atoms with Gasteiger partial charge in [-0.1, -0.05) is 24.3 Å². The minimum atomic E-state index is -0.204. The molecule has 29 heavy (non-hydrogen) atoms. The van der Waals surface area contributed by atoms with Crippen LogP contribution in [0.2, 0.25) is 0 Å². The quantitative estimate of drug-likeness (QED) is 0.609. The molecule has 1 saturated heterocycles. The van der Waals surface area contributed by atoms with Crippen molar-refractivity contribution in [2.75, 3.05) is 19.7 Å². The number of ether oxygens (including phenoxy) is 1. The smallest absolute Gasteiger partial charge is 0.309 e. The number of esters is 1. The van der Waals surface area contributed by atoms with Crippen molar-refractivity contribution in [3.63, 3.8) is 0 Å². The van der Waals surface area contributed by atoms with Gasteiger partial charge in [-0.2, -0.15) is 0 Å². The molecule has 2 N–H and O–H groups in total. The molecule has 3 aliphatic rings. The highest BCUT2D eigenvalue weighted by molar-refractivity contribution is 5.92. The van der Waals surface area contributed by atoms with Crippen LogP contribution < -0.4 is 5.73 Å². The molecule has 0 aromatic carbocycles. The van der Waals surface area contributed by atoms with E-state index in [4.69, 9.17) is 10.5 Å². The number of fused-ring (bicyclic) bond motifs is 1. The number of hydrogen-bond acceptors (Lipinski definition) is 6. The van der Waals surface area contributed by atoms with Crippen LogP contribution in [-0.2, 0) is 9.53 Å². The van der Waals surface area contributed by atoms with Crippen LogP contribution in [0.5, 0.6) is 0 Å². The van der Waals surface area contributed by atoms with Crippen LogP contribution >= 0.6 is 0 Å². The Bertz CT molecular complexity index is 783. The number of likely N-dealkylation sites (tertiary alicyclic amines) is 1. The van der Waals surface area contributed by atoms with Crippen LogP contribution in [0.4, 0.5) is 0 Å². The van der Waals surface area contributed by atoms with Gasteiger partial charge in [-0.15, -0.1) is 5.10 Å². The number of nitrogens with two attached hydrogens (primary N) is 1. The van der Waals surface area contributed by atoms with Crippen molar-refractivity contribution in [2.45, 2.75) is 51.6 Å². The molecule has 0 unspecified atom stereocenters. The van der Waals surface area contributed by atoms with Crippen LogP contribution in [-0.4, -0.2) is 57.5 Å². The Hall–Kier alpha value is -2.22. The third-order valence-electron chi connectivity index (χ3n) is 6.79. The van der Waals surface area contributed by atoms with Gasteiger partial charge in [0.05, 0.1) is 24.8 Å². The summed E-state index contributed by atoms with van der Waals surface area (Å²) < 4.78 is 7.13. The van der Waals surface area contributed by atoms with Crippen LogP contribution in [0.25, 0.3) is 0 Å². The lowest BCUT2D eigenvalue weighted by atomic mass is 9.72. The summed E-state index contributed by atoms with van der Waals surface area (Å²) in [6.07, 6.45) is 9.90. The van der Waals surface area contributed by atoms with E-state index < -0.39 is 0 Å². The van der Waals surface area contributed by atoms with E-state index in [1.165, 1.54) is 0 Å². The van der Waals surface area contributed by atoms with E-state index in [0.717, 1.165) is 25.7 Å². The molecule has 1 aromatic heterocycles. The van der Waals surface area contributed by atoms with Gasteiger partial charge >= 0.3 is 5.97 Å². The Morgan fingerprint density at radius 3 is 2.69 bits per heavy atom. The average Bonchev–Trinajstić information content (AvgIpc) is 3.35. The molecule has 2 fully saturated rings. The van der Waals surface area contributed by atoms with Crippen LogP contribution in [0.15, 0.2) is 18.3 Å². The second kappa shape index (κ2) is 8.26. The second-order valence-corrected chi connectivity index (χ2v) is 8.71. The first-order valence-corrected chi connectivity index (χ1v) is 10.8. The number of allylic oxidation sites excluding steroid dienone is 1. The summed E-state index contributed by atoms with van der Waals surface area (Å²) in [5.74, 6) is -0.0852. The van der Waals surface area contributed by atoms with E-state index in [9.17, 15) is 9.59 Å². The summed E-state index contributed by atoms with van der Waals surface area (Å²) in [7, 11) is 0. The highest BCUT2D eigenvalue weighted by atomic mass is 16.5. The Balaban J connectivity index is 1.44. The van der Waals surface area contributed by atoms with Crippen molar-refractivity contribution in [3.05, 3.63) is 24.0 Å². The molecule has 2 aliphatic carbocycles. The maximum absolute atomic E-state index is 13.1. The van der Waals surface area contributed by atoms with Crippen molar-refractivity contribution < 1.29 is 14.3 Å². The van der Waals surface area contributed by atoms with Crippen molar-refractivity contribution in [3.8, 4) is 0 Å². The Kier molecular flexibility index (Phi) is 5.72. The van der Waals surface area contributed by atoms with Crippen LogP contribution in [0.3, 0.4) is 0 Å². The summed E-state index contributed by atoms with van der Waals surface area (Å²) in [4.78, 5) is 27.4. The normalized spacial score (nSPS) is 34.1. The summed E-state index contributed by atoms with van der Waals surface area (Å²) in [6.45, 7) is 5.40. The molecule has 0 radical (unpaired) electrons. The number of nitrogens with zero attached hydrogens (tertiary/aromatic N) is 4. The van der Waals surface area contributed by atoms with Gasteiger partial charge in [0.2, 0.25) is 0 Å². The molecular weight excluding hydrogens is 370 g/mol. The van der Waals surface area contributed by atoms with Gasteiger partial charge in [-0.05, 0) is 50.4 Å². The van der Waals surface area contributed by atoms with Crippen molar-refractivity contribution in [2.24, 2.45) is 29.4 Å². The third-order valence-corrected chi connectivity index (χ3v) is 6.79. The molecular formula is C21H31N5O3. The van der Waals surface area contributed by atoms with Crippen molar-refractivity contribution in [1.29, 1.82) is 0 Å². The van der Waals surface area contributed by atoms with Gasteiger partial charge in [0.25, 0.3) is 5.91 Å². The Morgan fingerprint density at radius 1 is 1.21 bits per heavy atom. The fourth-order valence-electron chi connectivity index (χ4n) is 5.14. The fraction of sp³-hybridized carbons (Fsp3) is 0.714. The third kappa shape index (κ3) is 3.95. The molecule has 0 spiro atoms. The molecule has 8 heteroatoms. The molecule has 0 bridgehead atoms. The topological polar surface area (TPSA) is 103 Å². The molecule has 4 rings (SSSR count). The predicted molar refractivity (Wildman–Crippen MR) is 107 cm³/mol. The fourth-order valence-corrected chi connectivity index (χ4v) is 5.14. The lowest BCUT2D eigenvalue weighted by Crippen LogP contribution is -2.37. The van der Waals surface area contributed by atoms with E-state index in [0.29, 0.717) is 25.4 Å². The minimum absolute atomic E-state index is 0.0906. The number of hydrogen-bond donors (Lipinski definition) is 1. The first kappa shape index (κ1) is 20.1. The second-order valence-electron chi connectivity index (χ2n) is 8.71. The number of amides is 1. The molecule has 1 aromatic rings. The van der Waals surface area contributed by atoms with Gasteiger partial charge in [-0.3, -0.25) is 9.59 Å². The largest absolute Gasteiger partial charge is 0.466 e. The number of carbonyl (C=O) groups is 2. The Morgan fingerprint density at radius 2 is 1.97 bits per heavy atom. The lowest BCUT2D eigenvalue weighted by molar-refractivity contribution is -0.152. The summed E-state index contributed by atoms with van der Waals surface area (Å²) in [5.41, 5.74) is 6.36. The summed E-state index contributed by atoms with van der Waals surface area (Å²) >= 11 is 0. The molecule has 1 aliphatic heterocycles. The lowest BCUT2D eigenvalue weighted by Gasteiger charge is -2.31. The van der Waals surface area contributed by atoms with Gasteiger partial charge in [0.1, 0.15) is 0 Å². The van der Waals surface area contributed by atoms with Gasteiger partial charge in [-0.25, -0.2) is 4.68 Å². The maximum atomic E-state index is 13.1. The van der Waals surface area contributed by atoms with E-state index >= 15 is 0 Å². The first-order chi connectivity index (χ1) is 14.0. The number of aromatic nitrogens is 3. The van der Waals surface area contributed by atoms with E-state index in [1.807, 2.05) is 23.4 Å². The van der Waals surface area contributed by atoms with Gasteiger partial charge < -0.3 is 15.4 Å². The van der Waals surface area contributed by atoms with Gasteiger partial charge in [0, 0.05) is 19.1 Å². The molecule has 8 nitrogen and oxygen atoms in total. The highest BCUT2D eigenvalue weighted by Crippen LogP contribution is 2.40. The molecule has 1 saturated carbocycles. The maximum Gasteiger partial charge on any atom is 0.309 e. The number of carbonyl (C=O) groups excluding carboxylic acids is 2. The SMILES string of the molecule is CCOC(=O)[C@@H]1[C@H]2CN(C(=O)c3cn(C4CCC(N)CC4)nn3)C[C@@H]2C=C[C@@H]1C. The standard InChI is InChI=1S/C21H31N5O3/c1-3-29-21(28)19-13(2)4-5-14-10-25(11-17(14)19)20(27)18-12-26(24-23-18)16-8-6-15(22)7-9-16/h4-5,12-17,19H,3,6-11,22H2,1-2H3/t13-,14-,15?,16?,17-,19-/m0/s1. The van der Waals surface area contributed by atoms with E-state index in [2.05, 4.69) is 22.5 Å². The minimum Gasteiger partial charge on any atom is -0.466 e. The number of rotatable bonds is 4. The molecule has 4 atom stereocenters. The average molecular weight is 402 g/mol. The van der Waals surface area contributed by atoms with Gasteiger partial charge in [0.15, 0.2) is 5.69 Å². The summed E-state index contributed by atoms with van der Waals surface area (Å²) in [6, 6.07) is 0.536. The van der Waals surface area contributed by atoms with Crippen molar-refractivity contribution in [1.82, 2.24) is 19.9 Å². The molecule has 158 valence electrons. The van der Waals surface area contributed by atoms with E-state index in [1.54, 1.807) is 6.20 Å². The Labute approximate surface area is 171 Å². The highest BCUT2D eigenvalue weighted by Gasteiger charge is 2.46. The molecule has 1 amide bonds. The monoisotopic (exact) mass is 401 g/mol. The predicted octanol–water partition coefficient (Wildman–Crippen LogP) is 1.79. The van der Waals surface area contributed by atoms with E-state index in [-0.39, 0.29) is 47.6 Å². The zero-order chi connectivity index (χ0) is 20.5. The first-order valence-electron chi connectivity index (χ1n) is 10.8.